The van der Waals surface area contributed by atoms with Crippen molar-refractivity contribution in [1.82, 2.24) is 0 Å². The highest BCUT2D eigenvalue weighted by molar-refractivity contribution is 5.85. The standard InChI is InChI=1S/C14H21N.ClH/c1-2-11-5-3-4-6-14(11)12-7-9-13(15)10-8-12;/h3-6,12-13H,2,7-10,15H2,1H3;1H. The van der Waals surface area contributed by atoms with Gasteiger partial charge in [-0.3, -0.25) is 0 Å². The molecule has 1 aliphatic rings. The SMILES string of the molecule is CCc1ccccc1C1CCC(N)CC1.Cl. The Morgan fingerprint density at radius 1 is 1.12 bits per heavy atom. The van der Waals surface area contributed by atoms with Crippen LogP contribution in [0.3, 0.4) is 0 Å². The van der Waals surface area contributed by atoms with Crippen molar-refractivity contribution in [2.75, 3.05) is 0 Å². The summed E-state index contributed by atoms with van der Waals surface area (Å²) in [5.41, 5.74) is 9.05. The van der Waals surface area contributed by atoms with E-state index in [4.69, 9.17) is 5.73 Å². The van der Waals surface area contributed by atoms with Crippen molar-refractivity contribution >= 4 is 12.4 Å². The van der Waals surface area contributed by atoms with E-state index in [1.165, 1.54) is 31.2 Å². The van der Waals surface area contributed by atoms with E-state index in [1.54, 1.807) is 5.56 Å². The van der Waals surface area contributed by atoms with Gasteiger partial charge in [-0.2, -0.15) is 0 Å². The first-order valence-corrected chi connectivity index (χ1v) is 6.14. The Bertz CT molecular complexity index is 316. The van der Waals surface area contributed by atoms with E-state index in [1.807, 2.05) is 0 Å². The summed E-state index contributed by atoms with van der Waals surface area (Å²) in [6.45, 7) is 2.24. The maximum absolute atomic E-state index is 5.95. The summed E-state index contributed by atoms with van der Waals surface area (Å²) in [6, 6.07) is 9.35. The summed E-state index contributed by atoms with van der Waals surface area (Å²) in [5.74, 6) is 0.765. The van der Waals surface area contributed by atoms with Crippen LogP contribution in [0.5, 0.6) is 0 Å². The number of benzene rings is 1. The van der Waals surface area contributed by atoms with Crippen LogP contribution in [0.4, 0.5) is 0 Å². The third kappa shape index (κ3) is 2.99. The molecule has 2 heteroatoms. The molecule has 90 valence electrons. The van der Waals surface area contributed by atoms with Crippen LogP contribution in [-0.2, 0) is 6.42 Å². The lowest BCUT2D eigenvalue weighted by molar-refractivity contribution is 0.394. The molecule has 0 spiro atoms. The molecule has 16 heavy (non-hydrogen) atoms. The quantitative estimate of drug-likeness (QED) is 0.838. The molecule has 0 aromatic heterocycles. The minimum Gasteiger partial charge on any atom is -0.328 e. The predicted molar refractivity (Wildman–Crippen MR) is 72.3 cm³/mol. The van der Waals surface area contributed by atoms with E-state index in [9.17, 15) is 0 Å². The van der Waals surface area contributed by atoms with E-state index in [-0.39, 0.29) is 12.4 Å². The van der Waals surface area contributed by atoms with Crippen LogP contribution in [0.1, 0.15) is 49.7 Å². The lowest BCUT2D eigenvalue weighted by Gasteiger charge is -2.27. The number of nitrogens with two attached hydrogens (primary N) is 1. The first-order valence-electron chi connectivity index (χ1n) is 6.14. The van der Waals surface area contributed by atoms with Gasteiger partial charge in [0.05, 0.1) is 0 Å². The van der Waals surface area contributed by atoms with Gasteiger partial charge < -0.3 is 5.73 Å². The highest BCUT2D eigenvalue weighted by atomic mass is 35.5. The highest BCUT2D eigenvalue weighted by Crippen LogP contribution is 2.34. The van der Waals surface area contributed by atoms with E-state index < -0.39 is 0 Å². The van der Waals surface area contributed by atoms with E-state index in [2.05, 4.69) is 31.2 Å². The fraction of sp³-hybridized carbons (Fsp3) is 0.571. The number of rotatable bonds is 2. The van der Waals surface area contributed by atoms with E-state index >= 15 is 0 Å². The van der Waals surface area contributed by atoms with Gasteiger partial charge in [-0.1, -0.05) is 31.2 Å². The highest BCUT2D eigenvalue weighted by Gasteiger charge is 2.21. The van der Waals surface area contributed by atoms with Crippen molar-refractivity contribution < 1.29 is 0 Å². The topological polar surface area (TPSA) is 26.0 Å². The van der Waals surface area contributed by atoms with Crippen LogP contribution in [-0.4, -0.2) is 6.04 Å². The molecule has 0 heterocycles. The number of hydrogen-bond donors (Lipinski definition) is 1. The molecule has 1 saturated carbocycles. The lowest BCUT2D eigenvalue weighted by atomic mass is 9.80. The molecule has 1 fully saturated rings. The van der Waals surface area contributed by atoms with Crippen LogP contribution in [0, 0.1) is 0 Å². The second-order valence-electron chi connectivity index (χ2n) is 4.66. The summed E-state index contributed by atoms with van der Waals surface area (Å²) in [7, 11) is 0. The summed E-state index contributed by atoms with van der Waals surface area (Å²) >= 11 is 0. The summed E-state index contributed by atoms with van der Waals surface area (Å²) in [4.78, 5) is 0. The molecule has 2 N–H and O–H groups in total. The lowest BCUT2D eigenvalue weighted by Crippen LogP contribution is -2.26. The second kappa shape index (κ2) is 6.27. The van der Waals surface area contributed by atoms with Gasteiger partial charge in [0, 0.05) is 6.04 Å². The predicted octanol–water partition coefficient (Wildman–Crippen LogP) is 3.66. The first-order chi connectivity index (χ1) is 7.31. The van der Waals surface area contributed by atoms with Crippen molar-refractivity contribution in [2.45, 2.75) is 51.0 Å². The average molecular weight is 240 g/mol. The largest absolute Gasteiger partial charge is 0.328 e. The Kier molecular flexibility index (Phi) is 5.30. The zero-order valence-electron chi connectivity index (χ0n) is 9.99. The van der Waals surface area contributed by atoms with Crippen LogP contribution in [0.25, 0.3) is 0 Å². The van der Waals surface area contributed by atoms with Gasteiger partial charge >= 0.3 is 0 Å². The van der Waals surface area contributed by atoms with Gasteiger partial charge in [0.2, 0.25) is 0 Å². The first kappa shape index (κ1) is 13.5. The van der Waals surface area contributed by atoms with Crippen LogP contribution < -0.4 is 5.73 Å². The molecule has 0 amide bonds. The maximum atomic E-state index is 5.95. The molecule has 0 atom stereocenters. The van der Waals surface area contributed by atoms with Gasteiger partial charge in [0.1, 0.15) is 0 Å². The van der Waals surface area contributed by atoms with Crippen molar-refractivity contribution in [3.63, 3.8) is 0 Å². The Balaban J connectivity index is 0.00000128. The minimum absolute atomic E-state index is 0. The second-order valence-corrected chi connectivity index (χ2v) is 4.66. The van der Waals surface area contributed by atoms with Gasteiger partial charge in [-0.05, 0) is 49.1 Å². The number of aryl methyl sites for hydroxylation is 1. The molecule has 1 aromatic rings. The minimum atomic E-state index is 0. The Hall–Kier alpha value is -0.530. The van der Waals surface area contributed by atoms with Crippen molar-refractivity contribution in [3.05, 3.63) is 35.4 Å². The molecule has 1 nitrogen and oxygen atoms in total. The van der Waals surface area contributed by atoms with Gasteiger partial charge in [-0.15, -0.1) is 12.4 Å². The molecule has 1 aliphatic carbocycles. The molecular weight excluding hydrogens is 218 g/mol. The fourth-order valence-corrected chi connectivity index (χ4v) is 2.68. The Morgan fingerprint density at radius 3 is 2.38 bits per heavy atom. The Labute approximate surface area is 105 Å². The van der Waals surface area contributed by atoms with Crippen LogP contribution in [0.2, 0.25) is 0 Å². The molecular formula is C14H22ClN. The van der Waals surface area contributed by atoms with Gasteiger partial charge in [0.15, 0.2) is 0 Å². The van der Waals surface area contributed by atoms with Gasteiger partial charge in [-0.25, -0.2) is 0 Å². The third-order valence-corrected chi connectivity index (χ3v) is 3.65. The third-order valence-electron chi connectivity index (χ3n) is 3.65. The molecule has 0 radical (unpaired) electrons. The normalized spacial score (nSPS) is 24.9. The summed E-state index contributed by atoms with van der Waals surface area (Å²) in [6.07, 6.45) is 6.10. The van der Waals surface area contributed by atoms with Crippen LogP contribution >= 0.6 is 12.4 Å². The van der Waals surface area contributed by atoms with Crippen molar-refractivity contribution in [2.24, 2.45) is 5.73 Å². The smallest absolute Gasteiger partial charge is 0.00392 e. The monoisotopic (exact) mass is 239 g/mol. The average Bonchev–Trinajstić information content (AvgIpc) is 2.30. The van der Waals surface area contributed by atoms with Crippen molar-refractivity contribution in [3.8, 4) is 0 Å². The molecule has 2 rings (SSSR count). The zero-order valence-corrected chi connectivity index (χ0v) is 10.8. The van der Waals surface area contributed by atoms with Crippen LogP contribution in [0.15, 0.2) is 24.3 Å². The maximum Gasteiger partial charge on any atom is 0.00392 e. The number of hydrogen-bond acceptors (Lipinski definition) is 1. The van der Waals surface area contributed by atoms with E-state index in [0.717, 1.165) is 12.3 Å². The summed E-state index contributed by atoms with van der Waals surface area (Å²) < 4.78 is 0. The number of halogens is 1. The molecule has 0 aliphatic heterocycles. The fourth-order valence-electron chi connectivity index (χ4n) is 2.68. The molecule has 1 aromatic carbocycles. The molecule has 0 unspecified atom stereocenters. The molecule has 0 saturated heterocycles. The van der Waals surface area contributed by atoms with E-state index in [0.29, 0.717) is 6.04 Å². The summed E-state index contributed by atoms with van der Waals surface area (Å²) in [5, 5.41) is 0. The van der Waals surface area contributed by atoms with Crippen molar-refractivity contribution in [1.29, 1.82) is 0 Å². The van der Waals surface area contributed by atoms with Gasteiger partial charge in [0.25, 0.3) is 0 Å². The molecule has 0 bridgehead atoms. The Morgan fingerprint density at radius 2 is 1.75 bits per heavy atom. The zero-order chi connectivity index (χ0) is 10.7.